The van der Waals surface area contributed by atoms with Gasteiger partial charge in [-0.2, -0.15) is 0 Å². The van der Waals surface area contributed by atoms with Crippen molar-refractivity contribution in [2.45, 2.75) is 48.1 Å². The molecular weight excluding hydrogens is 782 g/mol. The second-order valence-electron chi connectivity index (χ2n) is 14.4. The highest BCUT2D eigenvalue weighted by atomic mass is 35.5. The van der Waals surface area contributed by atoms with Gasteiger partial charge in [0.1, 0.15) is 5.69 Å². The van der Waals surface area contributed by atoms with Crippen molar-refractivity contribution in [2.24, 2.45) is 5.92 Å². The van der Waals surface area contributed by atoms with Gasteiger partial charge in [-0.1, -0.05) is 48.0 Å². The van der Waals surface area contributed by atoms with E-state index in [9.17, 15) is 28.4 Å². The number of carbonyl (C=O) groups is 1. The highest BCUT2D eigenvalue weighted by Gasteiger charge is 2.29. The van der Waals surface area contributed by atoms with Gasteiger partial charge in [0, 0.05) is 66.1 Å². The lowest BCUT2D eigenvalue weighted by Gasteiger charge is -2.36. The lowest BCUT2D eigenvalue weighted by atomic mass is 9.84. The molecule has 1 aliphatic rings. The zero-order valence-electron chi connectivity index (χ0n) is 32.0. The molecule has 11 nitrogen and oxygen atoms in total. The zero-order chi connectivity index (χ0) is 40.7. The van der Waals surface area contributed by atoms with Crippen LogP contribution in [-0.2, 0) is 10.0 Å². The molecule has 6 rings (SSSR count). The fraction of sp³-hybridized carbons (Fsp3) is 0.279. The lowest BCUT2D eigenvalue weighted by Crippen LogP contribution is -2.35. The average Bonchev–Trinajstić information content (AvgIpc) is 3.21. The molecule has 298 valence electrons. The van der Waals surface area contributed by atoms with Crippen molar-refractivity contribution >= 4 is 62.0 Å². The van der Waals surface area contributed by atoms with E-state index in [0.717, 1.165) is 57.6 Å². The van der Waals surface area contributed by atoms with E-state index in [1.54, 1.807) is 36.0 Å². The summed E-state index contributed by atoms with van der Waals surface area (Å²) in [6, 6.07) is 33.7. The molecule has 0 aromatic heterocycles. The molecular formula is C43H46ClN5O6S2. The molecule has 0 spiro atoms. The molecule has 1 saturated heterocycles. The standard InChI is InChI=1S/C43H46ClN5O6S2/c1-29(24-27-56-36-18-16-34(17-19-36)47(2)3)45-40-21-20-37(28-41(40)49(52)53)57(54,55)46-43(51)32-10-14-35(15-11-32)48-25-22-31(23-26-48)42(50)39-7-5-4-6-38(39)30-8-12-33(44)13-9-30/h4-21,28-29,31,42,45,50H,22-27H2,1-3H3,(H,46,51)/t29-,42-/m1/s1. The Hall–Kier alpha value is -5.08. The quantitative estimate of drug-likeness (QED) is 0.0531. The number of hydrogen-bond donors (Lipinski definition) is 3. The van der Waals surface area contributed by atoms with Crippen LogP contribution in [0.15, 0.2) is 125 Å². The third-order valence-corrected chi connectivity index (χ3v) is 12.8. The van der Waals surface area contributed by atoms with Gasteiger partial charge in [0.25, 0.3) is 21.6 Å². The number of aliphatic hydroxyl groups excluding tert-OH is 1. The second kappa shape index (κ2) is 18.5. The first kappa shape index (κ1) is 41.6. The van der Waals surface area contributed by atoms with Crippen molar-refractivity contribution in [2.75, 3.05) is 48.1 Å². The van der Waals surface area contributed by atoms with E-state index in [1.807, 2.05) is 86.6 Å². The summed E-state index contributed by atoms with van der Waals surface area (Å²) in [5.41, 5.74) is 4.73. The molecule has 0 saturated carbocycles. The summed E-state index contributed by atoms with van der Waals surface area (Å²) in [5.74, 6) is -0.0294. The van der Waals surface area contributed by atoms with Gasteiger partial charge in [-0.05, 0) is 127 Å². The molecule has 1 heterocycles. The number of rotatable bonds is 15. The maximum absolute atomic E-state index is 13.3. The Kier molecular flexibility index (Phi) is 13.5. The molecule has 57 heavy (non-hydrogen) atoms. The van der Waals surface area contributed by atoms with Crippen LogP contribution in [-0.4, -0.2) is 63.3 Å². The van der Waals surface area contributed by atoms with Crippen LogP contribution in [0.2, 0.25) is 5.02 Å². The van der Waals surface area contributed by atoms with Gasteiger partial charge in [-0.15, -0.1) is 11.8 Å². The predicted molar refractivity (Wildman–Crippen MR) is 230 cm³/mol. The number of nitrogens with zero attached hydrogens (tertiary/aromatic N) is 3. The summed E-state index contributed by atoms with van der Waals surface area (Å²) in [6.45, 7) is 3.29. The van der Waals surface area contributed by atoms with E-state index >= 15 is 0 Å². The average molecular weight is 828 g/mol. The van der Waals surface area contributed by atoms with Gasteiger partial charge < -0.3 is 20.2 Å². The molecule has 0 bridgehead atoms. The number of piperidine rings is 1. The van der Waals surface area contributed by atoms with Gasteiger partial charge in [-0.25, -0.2) is 13.1 Å². The number of hydrogen-bond acceptors (Lipinski definition) is 10. The van der Waals surface area contributed by atoms with Crippen LogP contribution in [0.5, 0.6) is 0 Å². The van der Waals surface area contributed by atoms with Gasteiger partial charge in [0.15, 0.2) is 0 Å². The number of anilines is 3. The highest BCUT2D eigenvalue weighted by molar-refractivity contribution is 7.99. The lowest BCUT2D eigenvalue weighted by molar-refractivity contribution is -0.384. The number of halogens is 1. The van der Waals surface area contributed by atoms with E-state index in [4.69, 9.17) is 11.6 Å². The van der Waals surface area contributed by atoms with E-state index in [2.05, 4.69) is 27.1 Å². The molecule has 0 radical (unpaired) electrons. The van der Waals surface area contributed by atoms with Gasteiger partial charge in [0.05, 0.1) is 15.9 Å². The first-order chi connectivity index (χ1) is 27.3. The minimum absolute atomic E-state index is 0.0513. The predicted octanol–water partition coefficient (Wildman–Crippen LogP) is 9.03. The molecule has 3 N–H and O–H groups in total. The second-order valence-corrected chi connectivity index (χ2v) is 17.6. The normalized spacial score (nSPS) is 14.4. The maximum Gasteiger partial charge on any atom is 0.293 e. The van der Waals surface area contributed by atoms with Crippen molar-refractivity contribution in [1.82, 2.24) is 4.72 Å². The van der Waals surface area contributed by atoms with Crippen LogP contribution in [0.3, 0.4) is 0 Å². The number of aliphatic hydroxyl groups is 1. The van der Waals surface area contributed by atoms with E-state index in [-0.39, 0.29) is 23.2 Å². The Balaban J connectivity index is 1.02. The molecule has 5 aromatic rings. The first-order valence-corrected chi connectivity index (χ1v) is 21.5. The van der Waals surface area contributed by atoms with E-state index < -0.39 is 37.5 Å². The van der Waals surface area contributed by atoms with Crippen molar-refractivity contribution in [1.29, 1.82) is 0 Å². The largest absolute Gasteiger partial charge is 0.388 e. The first-order valence-electron chi connectivity index (χ1n) is 18.7. The molecule has 1 amide bonds. The molecule has 1 aliphatic heterocycles. The summed E-state index contributed by atoms with van der Waals surface area (Å²) >= 11 is 7.78. The summed E-state index contributed by atoms with van der Waals surface area (Å²) < 4.78 is 28.6. The SMILES string of the molecule is C[C@H](CCSc1ccc(N(C)C)cc1)Nc1ccc(S(=O)(=O)NC(=O)c2ccc(N3CCC([C@@H](O)c4ccccc4-c4ccc(Cl)cc4)CC3)cc2)cc1[N+](=O)[O-]. The number of nitro groups is 1. The Bertz CT molecular complexity index is 2280. The minimum atomic E-state index is -4.43. The number of benzene rings is 5. The molecule has 2 atom stereocenters. The topological polar surface area (TPSA) is 145 Å². The molecule has 14 heteroatoms. The van der Waals surface area contributed by atoms with Crippen LogP contribution in [0.25, 0.3) is 11.1 Å². The van der Waals surface area contributed by atoms with Gasteiger partial charge in [-0.3, -0.25) is 14.9 Å². The smallest absolute Gasteiger partial charge is 0.293 e. The van der Waals surface area contributed by atoms with Gasteiger partial charge in [0.2, 0.25) is 0 Å². The maximum atomic E-state index is 13.3. The van der Waals surface area contributed by atoms with Crippen LogP contribution in [0.4, 0.5) is 22.7 Å². The van der Waals surface area contributed by atoms with Crippen molar-refractivity contribution < 1.29 is 23.2 Å². The van der Waals surface area contributed by atoms with Crippen molar-refractivity contribution in [3.63, 3.8) is 0 Å². The number of nitrogens with one attached hydrogen (secondary N) is 2. The molecule has 0 unspecified atom stereocenters. The van der Waals surface area contributed by atoms with E-state index in [1.165, 1.54) is 12.1 Å². The number of amides is 1. The molecule has 1 fully saturated rings. The minimum Gasteiger partial charge on any atom is -0.388 e. The van der Waals surface area contributed by atoms with Crippen molar-refractivity contribution in [3.05, 3.63) is 142 Å². The summed E-state index contributed by atoms with van der Waals surface area (Å²) in [7, 11) is -0.463. The number of nitro benzene ring substituents is 1. The van der Waals surface area contributed by atoms with Crippen molar-refractivity contribution in [3.8, 4) is 11.1 Å². The fourth-order valence-corrected chi connectivity index (χ4v) is 9.08. The third kappa shape index (κ3) is 10.5. The Morgan fingerprint density at radius 3 is 2.28 bits per heavy atom. The molecule has 0 aliphatic carbocycles. The van der Waals surface area contributed by atoms with E-state index in [0.29, 0.717) is 24.5 Å². The third-order valence-electron chi connectivity index (χ3n) is 10.2. The van der Waals surface area contributed by atoms with Crippen LogP contribution < -0.4 is 19.8 Å². The number of sulfonamides is 1. The highest BCUT2D eigenvalue weighted by Crippen LogP contribution is 2.37. The summed E-state index contributed by atoms with van der Waals surface area (Å²) in [5, 5.41) is 27.3. The molecule has 5 aromatic carbocycles. The fourth-order valence-electron chi connectivity index (χ4n) is 6.92. The van der Waals surface area contributed by atoms with Crippen LogP contribution >= 0.6 is 23.4 Å². The Labute approximate surface area is 343 Å². The number of carbonyl (C=O) groups excluding carboxylic acids is 1. The Morgan fingerprint density at radius 1 is 0.965 bits per heavy atom. The van der Waals surface area contributed by atoms with Crippen LogP contribution in [0.1, 0.15) is 48.2 Å². The Morgan fingerprint density at radius 2 is 1.63 bits per heavy atom. The number of thioether (sulfide) groups is 1. The van der Waals surface area contributed by atoms with Gasteiger partial charge >= 0.3 is 0 Å². The monoisotopic (exact) mass is 827 g/mol. The summed E-state index contributed by atoms with van der Waals surface area (Å²) in [6.07, 6.45) is 1.56. The zero-order valence-corrected chi connectivity index (χ0v) is 34.4. The summed E-state index contributed by atoms with van der Waals surface area (Å²) in [4.78, 5) is 29.4. The van der Waals surface area contributed by atoms with Crippen LogP contribution in [0, 0.1) is 16.0 Å².